The van der Waals surface area contributed by atoms with E-state index in [9.17, 15) is 0 Å². The van der Waals surface area contributed by atoms with Crippen LogP contribution in [0.1, 0.15) is 33.6 Å². The van der Waals surface area contributed by atoms with Gasteiger partial charge >= 0.3 is 0 Å². The minimum Gasteiger partial charge on any atom is -0.374 e. The maximum atomic E-state index is 5.94. The molecule has 0 aromatic heterocycles. The fourth-order valence-electron chi connectivity index (χ4n) is 2.37. The highest BCUT2D eigenvalue weighted by molar-refractivity contribution is 5.16. The van der Waals surface area contributed by atoms with Crippen LogP contribution in [0.25, 0.3) is 0 Å². The van der Waals surface area contributed by atoms with Crippen LogP contribution in [0.2, 0.25) is 0 Å². The monoisotopic (exact) mass is 166 g/mol. The first-order valence-corrected chi connectivity index (χ1v) is 4.95. The molecule has 0 aromatic carbocycles. The van der Waals surface area contributed by atoms with Crippen molar-refractivity contribution in [3.63, 3.8) is 0 Å². The van der Waals surface area contributed by atoms with Crippen molar-refractivity contribution >= 4 is 0 Å². The number of ether oxygens (including phenoxy) is 1. The first-order valence-electron chi connectivity index (χ1n) is 4.95. The van der Waals surface area contributed by atoms with Gasteiger partial charge in [-0.15, -0.1) is 0 Å². The summed E-state index contributed by atoms with van der Waals surface area (Å²) < 4.78 is 5.94. The van der Waals surface area contributed by atoms with E-state index in [1.54, 1.807) is 5.57 Å². The van der Waals surface area contributed by atoms with Crippen LogP contribution in [0, 0.1) is 11.8 Å². The molecule has 0 saturated carbocycles. The van der Waals surface area contributed by atoms with Crippen molar-refractivity contribution in [1.82, 2.24) is 0 Å². The molecule has 1 aliphatic carbocycles. The molecule has 0 N–H and O–H groups in total. The van der Waals surface area contributed by atoms with Gasteiger partial charge in [0, 0.05) is 5.92 Å². The van der Waals surface area contributed by atoms with Crippen LogP contribution in [-0.2, 0) is 4.74 Å². The first kappa shape index (κ1) is 8.31. The van der Waals surface area contributed by atoms with Crippen molar-refractivity contribution in [3.8, 4) is 0 Å². The molecule has 2 rings (SSSR count). The van der Waals surface area contributed by atoms with Crippen LogP contribution in [0.3, 0.4) is 0 Å². The Morgan fingerprint density at radius 3 is 3.00 bits per heavy atom. The highest BCUT2D eigenvalue weighted by Crippen LogP contribution is 2.45. The second-order valence-corrected chi connectivity index (χ2v) is 4.58. The predicted octanol–water partition coefficient (Wildman–Crippen LogP) is 2.77. The van der Waals surface area contributed by atoms with Crippen LogP contribution in [0.5, 0.6) is 0 Å². The van der Waals surface area contributed by atoms with E-state index in [2.05, 4.69) is 26.8 Å². The van der Waals surface area contributed by atoms with Gasteiger partial charge in [0.05, 0.1) is 12.2 Å². The van der Waals surface area contributed by atoms with Crippen molar-refractivity contribution in [3.05, 3.63) is 11.6 Å². The summed E-state index contributed by atoms with van der Waals surface area (Å²) in [6.07, 6.45) is 4.77. The molecule has 0 unspecified atom stereocenters. The number of hydrogen-bond acceptors (Lipinski definition) is 1. The van der Waals surface area contributed by atoms with Gasteiger partial charge in [-0.3, -0.25) is 0 Å². The third-order valence-electron chi connectivity index (χ3n) is 3.63. The minimum absolute atomic E-state index is 0.199. The van der Waals surface area contributed by atoms with Crippen molar-refractivity contribution in [2.24, 2.45) is 11.8 Å². The fourth-order valence-corrected chi connectivity index (χ4v) is 2.37. The van der Waals surface area contributed by atoms with Crippen LogP contribution in [0.4, 0.5) is 0 Å². The lowest BCUT2D eigenvalue weighted by Crippen LogP contribution is -2.35. The zero-order chi connectivity index (χ0) is 8.77. The second-order valence-electron chi connectivity index (χ2n) is 4.58. The molecule has 0 amide bonds. The van der Waals surface area contributed by atoms with Gasteiger partial charge < -0.3 is 4.74 Å². The number of rotatable bonds is 1. The lowest BCUT2D eigenvalue weighted by molar-refractivity contribution is -0.0299. The first-order chi connectivity index (χ1) is 5.64. The number of fused-ring (bicyclic) bond motifs is 2. The van der Waals surface area contributed by atoms with Gasteiger partial charge in [0.1, 0.15) is 0 Å². The zero-order valence-electron chi connectivity index (χ0n) is 8.26. The molecular weight excluding hydrogens is 148 g/mol. The summed E-state index contributed by atoms with van der Waals surface area (Å²) in [6, 6.07) is 0. The Balaban J connectivity index is 2.24. The van der Waals surface area contributed by atoms with Crippen molar-refractivity contribution in [2.75, 3.05) is 6.61 Å². The minimum atomic E-state index is 0.199. The van der Waals surface area contributed by atoms with Crippen LogP contribution in [-0.4, -0.2) is 12.2 Å². The third-order valence-corrected chi connectivity index (χ3v) is 3.63. The van der Waals surface area contributed by atoms with Gasteiger partial charge in [-0.05, 0) is 25.7 Å². The molecule has 68 valence electrons. The summed E-state index contributed by atoms with van der Waals surface area (Å²) in [4.78, 5) is 0. The molecule has 1 saturated heterocycles. The molecular formula is C11H18O. The molecule has 1 heteroatoms. The van der Waals surface area contributed by atoms with E-state index in [-0.39, 0.29) is 5.60 Å². The van der Waals surface area contributed by atoms with E-state index in [0.717, 1.165) is 18.9 Å². The fraction of sp³-hybridized carbons (Fsp3) is 0.818. The van der Waals surface area contributed by atoms with Gasteiger partial charge in [-0.1, -0.05) is 25.5 Å². The van der Waals surface area contributed by atoms with E-state index in [1.807, 2.05) is 0 Å². The summed E-state index contributed by atoms with van der Waals surface area (Å²) in [5, 5.41) is 0. The smallest absolute Gasteiger partial charge is 0.0746 e. The van der Waals surface area contributed by atoms with E-state index in [0.29, 0.717) is 5.92 Å². The Hall–Kier alpha value is -0.300. The number of hydrogen-bond donors (Lipinski definition) is 0. The van der Waals surface area contributed by atoms with E-state index >= 15 is 0 Å². The van der Waals surface area contributed by atoms with Crippen LogP contribution in [0.15, 0.2) is 11.6 Å². The zero-order valence-corrected chi connectivity index (χ0v) is 8.26. The summed E-state index contributed by atoms with van der Waals surface area (Å²) in [5.74, 6) is 1.38. The average molecular weight is 166 g/mol. The summed E-state index contributed by atoms with van der Waals surface area (Å²) >= 11 is 0. The molecule has 0 spiro atoms. The maximum absolute atomic E-state index is 5.94. The normalized spacial score (nSPS) is 40.3. The maximum Gasteiger partial charge on any atom is 0.0746 e. The van der Waals surface area contributed by atoms with Crippen LogP contribution >= 0.6 is 0 Å². The van der Waals surface area contributed by atoms with Gasteiger partial charge in [0.2, 0.25) is 0 Å². The Bertz CT molecular complexity index is 217. The summed E-state index contributed by atoms with van der Waals surface area (Å²) in [7, 11) is 0. The van der Waals surface area contributed by atoms with Crippen LogP contribution < -0.4 is 0 Å². The third kappa shape index (κ3) is 1.03. The van der Waals surface area contributed by atoms with Crippen molar-refractivity contribution in [2.45, 2.75) is 39.2 Å². The highest BCUT2D eigenvalue weighted by Gasteiger charge is 2.44. The molecule has 0 aromatic rings. The molecule has 1 heterocycles. The van der Waals surface area contributed by atoms with Gasteiger partial charge in [-0.25, -0.2) is 0 Å². The molecule has 1 nitrogen and oxygen atoms in total. The van der Waals surface area contributed by atoms with E-state index < -0.39 is 0 Å². The summed E-state index contributed by atoms with van der Waals surface area (Å²) in [5.41, 5.74) is 1.74. The van der Waals surface area contributed by atoms with Gasteiger partial charge in [0.15, 0.2) is 0 Å². The SMILES string of the molecule is CC1=CC[C@]2(C(C)C)C[C@H]1CO2. The summed E-state index contributed by atoms with van der Waals surface area (Å²) in [6.45, 7) is 7.75. The lowest BCUT2D eigenvalue weighted by Gasteiger charge is -2.34. The second kappa shape index (κ2) is 2.59. The molecule has 2 atom stereocenters. The standard InChI is InChI=1S/C11H18O/c1-8(2)11-5-4-9(3)10(6-11)7-12-11/h4,8,10H,5-7H2,1-3H3/t10-,11+/m0/s1. The molecule has 12 heavy (non-hydrogen) atoms. The molecule has 2 aliphatic rings. The Kier molecular flexibility index (Phi) is 1.80. The Labute approximate surface area is 74.8 Å². The van der Waals surface area contributed by atoms with E-state index in [1.165, 1.54) is 6.42 Å². The quantitative estimate of drug-likeness (QED) is 0.544. The highest BCUT2D eigenvalue weighted by atomic mass is 16.5. The van der Waals surface area contributed by atoms with Gasteiger partial charge in [0.25, 0.3) is 0 Å². The van der Waals surface area contributed by atoms with E-state index in [4.69, 9.17) is 4.74 Å². The van der Waals surface area contributed by atoms with Gasteiger partial charge in [-0.2, -0.15) is 0 Å². The largest absolute Gasteiger partial charge is 0.374 e. The topological polar surface area (TPSA) is 9.23 Å². The Morgan fingerprint density at radius 2 is 2.33 bits per heavy atom. The molecule has 2 bridgehead atoms. The van der Waals surface area contributed by atoms with Crippen molar-refractivity contribution < 1.29 is 4.74 Å². The molecule has 0 radical (unpaired) electrons. The lowest BCUT2D eigenvalue weighted by atomic mass is 9.76. The van der Waals surface area contributed by atoms with Crippen molar-refractivity contribution in [1.29, 1.82) is 0 Å². The average Bonchev–Trinajstić information content (AvgIpc) is 2.40. The molecule has 1 aliphatic heterocycles. The predicted molar refractivity (Wildman–Crippen MR) is 50.0 cm³/mol. The Morgan fingerprint density at radius 1 is 1.58 bits per heavy atom. The molecule has 1 fully saturated rings.